The summed E-state index contributed by atoms with van der Waals surface area (Å²) in [6.45, 7) is 3.05. The maximum absolute atomic E-state index is 4.41. The molecular formula is C14H18BrN3. The highest BCUT2D eigenvalue weighted by atomic mass is 79.9. The minimum absolute atomic E-state index is 0.880. The molecule has 1 heterocycles. The van der Waals surface area contributed by atoms with Gasteiger partial charge in [-0.15, -0.1) is 0 Å². The highest BCUT2D eigenvalue weighted by Gasteiger charge is 2.08. The van der Waals surface area contributed by atoms with Crippen LogP contribution in [0.25, 0.3) is 5.69 Å². The minimum Gasteiger partial charge on any atom is -0.316 e. The molecule has 0 saturated heterocycles. The molecule has 0 spiro atoms. The van der Waals surface area contributed by atoms with Gasteiger partial charge in [-0.3, -0.25) is 0 Å². The fourth-order valence-electron chi connectivity index (χ4n) is 2.02. The van der Waals surface area contributed by atoms with E-state index in [9.17, 15) is 0 Å². The molecule has 0 radical (unpaired) electrons. The average molecular weight is 308 g/mol. The lowest BCUT2D eigenvalue weighted by molar-refractivity contribution is 0.802. The highest BCUT2D eigenvalue weighted by Crippen LogP contribution is 2.24. The topological polar surface area (TPSA) is 29.9 Å². The lowest BCUT2D eigenvalue weighted by atomic mass is 10.2. The summed E-state index contributed by atoms with van der Waals surface area (Å²) in [5.74, 6) is 1.11. The molecule has 0 amide bonds. The number of benzene rings is 1. The molecule has 3 nitrogen and oxygen atoms in total. The van der Waals surface area contributed by atoms with E-state index >= 15 is 0 Å². The monoisotopic (exact) mass is 307 g/mol. The third kappa shape index (κ3) is 2.82. The number of nitrogens with one attached hydrogen (secondary N) is 1. The summed E-state index contributed by atoms with van der Waals surface area (Å²) in [7, 11) is 1.96. The summed E-state index contributed by atoms with van der Waals surface area (Å²) in [6, 6.07) is 6.44. The second-order valence-electron chi connectivity index (χ2n) is 4.28. The van der Waals surface area contributed by atoms with Crippen LogP contribution in [0.5, 0.6) is 0 Å². The summed E-state index contributed by atoms with van der Waals surface area (Å²) < 4.78 is 3.25. The van der Waals surface area contributed by atoms with E-state index in [0.29, 0.717) is 0 Å². The van der Waals surface area contributed by atoms with Crippen molar-refractivity contribution in [2.24, 2.45) is 0 Å². The van der Waals surface area contributed by atoms with Gasteiger partial charge in [0.05, 0.1) is 5.69 Å². The molecule has 0 saturated carbocycles. The third-order valence-electron chi connectivity index (χ3n) is 2.84. The van der Waals surface area contributed by atoms with E-state index in [1.807, 2.05) is 19.4 Å². The Morgan fingerprint density at radius 1 is 1.39 bits per heavy atom. The van der Waals surface area contributed by atoms with Crippen molar-refractivity contribution >= 4 is 15.9 Å². The summed E-state index contributed by atoms with van der Waals surface area (Å²) in [5.41, 5.74) is 2.42. The first-order valence-corrected chi connectivity index (χ1v) is 7.01. The van der Waals surface area contributed by atoms with Crippen molar-refractivity contribution in [2.75, 3.05) is 7.05 Å². The number of imidazole rings is 1. The molecule has 0 atom stereocenters. The van der Waals surface area contributed by atoms with Gasteiger partial charge in [-0.1, -0.05) is 13.0 Å². The lowest BCUT2D eigenvalue weighted by Gasteiger charge is -2.11. The zero-order valence-corrected chi connectivity index (χ0v) is 12.4. The van der Waals surface area contributed by atoms with Crippen LogP contribution in [-0.4, -0.2) is 16.6 Å². The molecule has 0 unspecified atom stereocenters. The smallest absolute Gasteiger partial charge is 0.113 e. The van der Waals surface area contributed by atoms with Crippen LogP contribution in [0.1, 0.15) is 24.7 Å². The molecule has 18 heavy (non-hydrogen) atoms. The van der Waals surface area contributed by atoms with Gasteiger partial charge in [0, 0.05) is 29.8 Å². The van der Waals surface area contributed by atoms with E-state index in [-0.39, 0.29) is 0 Å². The van der Waals surface area contributed by atoms with Gasteiger partial charge in [-0.25, -0.2) is 4.98 Å². The van der Waals surface area contributed by atoms with Crippen LogP contribution in [0.2, 0.25) is 0 Å². The van der Waals surface area contributed by atoms with Gasteiger partial charge in [0.1, 0.15) is 5.82 Å². The fraction of sp³-hybridized carbons (Fsp3) is 0.357. The van der Waals surface area contributed by atoms with Crippen LogP contribution in [-0.2, 0) is 13.0 Å². The zero-order valence-electron chi connectivity index (χ0n) is 10.8. The van der Waals surface area contributed by atoms with Crippen LogP contribution in [0.15, 0.2) is 35.1 Å². The molecule has 2 aromatic rings. The number of aryl methyl sites for hydroxylation is 1. The Morgan fingerprint density at radius 3 is 2.89 bits per heavy atom. The van der Waals surface area contributed by atoms with Gasteiger partial charge < -0.3 is 9.88 Å². The van der Waals surface area contributed by atoms with Gasteiger partial charge in [0.15, 0.2) is 0 Å². The van der Waals surface area contributed by atoms with Crippen LogP contribution in [0.3, 0.4) is 0 Å². The summed E-state index contributed by atoms with van der Waals surface area (Å²) in [5, 5.41) is 3.16. The molecule has 2 rings (SSSR count). The van der Waals surface area contributed by atoms with E-state index in [1.165, 1.54) is 5.56 Å². The van der Waals surface area contributed by atoms with Gasteiger partial charge in [-0.05, 0) is 47.1 Å². The summed E-state index contributed by atoms with van der Waals surface area (Å²) >= 11 is 3.65. The van der Waals surface area contributed by atoms with Crippen LogP contribution >= 0.6 is 15.9 Å². The number of aromatic nitrogens is 2. The molecule has 0 aliphatic carbocycles. The Kier molecular flexibility index (Phi) is 4.55. The quantitative estimate of drug-likeness (QED) is 0.918. The first kappa shape index (κ1) is 13.3. The Morgan fingerprint density at radius 2 is 2.22 bits per heavy atom. The Labute approximate surface area is 116 Å². The van der Waals surface area contributed by atoms with E-state index in [1.54, 1.807) is 0 Å². The molecule has 0 fully saturated rings. The number of nitrogens with zero attached hydrogens (tertiary/aromatic N) is 2. The van der Waals surface area contributed by atoms with Crippen molar-refractivity contribution in [1.29, 1.82) is 0 Å². The SMILES string of the molecule is CCCc1nccn1-c1ccc(CNC)cc1Br. The normalized spacial score (nSPS) is 10.8. The number of hydrogen-bond donors (Lipinski definition) is 1. The molecule has 0 aliphatic rings. The Bertz CT molecular complexity index is 520. The van der Waals surface area contributed by atoms with Crippen LogP contribution in [0.4, 0.5) is 0 Å². The molecule has 1 aromatic heterocycles. The predicted octanol–water partition coefficient (Wildman–Crippen LogP) is 3.31. The van der Waals surface area contributed by atoms with Crippen molar-refractivity contribution in [2.45, 2.75) is 26.3 Å². The van der Waals surface area contributed by atoms with Crippen LogP contribution in [0, 0.1) is 0 Å². The number of hydrogen-bond acceptors (Lipinski definition) is 2. The molecule has 4 heteroatoms. The van der Waals surface area contributed by atoms with Crippen molar-refractivity contribution in [3.05, 3.63) is 46.5 Å². The third-order valence-corrected chi connectivity index (χ3v) is 3.48. The second-order valence-corrected chi connectivity index (χ2v) is 5.13. The Balaban J connectivity index is 2.35. The lowest BCUT2D eigenvalue weighted by Crippen LogP contribution is -2.06. The van der Waals surface area contributed by atoms with Gasteiger partial charge in [0.2, 0.25) is 0 Å². The molecule has 1 N–H and O–H groups in total. The predicted molar refractivity (Wildman–Crippen MR) is 78.0 cm³/mol. The van der Waals surface area contributed by atoms with E-state index < -0.39 is 0 Å². The maximum atomic E-state index is 4.41. The largest absolute Gasteiger partial charge is 0.316 e. The first-order valence-electron chi connectivity index (χ1n) is 6.22. The molecular weight excluding hydrogens is 290 g/mol. The average Bonchev–Trinajstić information content (AvgIpc) is 2.78. The number of rotatable bonds is 5. The minimum atomic E-state index is 0.880. The highest BCUT2D eigenvalue weighted by molar-refractivity contribution is 9.10. The Hall–Kier alpha value is -1.13. The second kappa shape index (κ2) is 6.16. The molecule has 0 aliphatic heterocycles. The summed E-state index contributed by atoms with van der Waals surface area (Å²) in [6.07, 6.45) is 5.98. The first-order chi connectivity index (χ1) is 8.76. The van der Waals surface area contributed by atoms with Gasteiger partial charge in [0.25, 0.3) is 0 Å². The van der Waals surface area contributed by atoms with Gasteiger partial charge >= 0.3 is 0 Å². The van der Waals surface area contributed by atoms with E-state index in [0.717, 1.165) is 35.4 Å². The van der Waals surface area contributed by atoms with E-state index in [2.05, 4.69) is 55.9 Å². The maximum Gasteiger partial charge on any atom is 0.113 e. The molecule has 96 valence electrons. The molecule has 0 bridgehead atoms. The van der Waals surface area contributed by atoms with Crippen molar-refractivity contribution in [1.82, 2.24) is 14.9 Å². The number of halogens is 1. The van der Waals surface area contributed by atoms with Crippen molar-refractivity contribution in [3.8, 4) is 5.69 Å². The molecule has 1 aromatic carbocycles. The van der Waals surface area contributed by atoms with Crippen LogP contribution < -0.4 is 5.32 Å². The van der Waals surface area contributed by atoms with E-state index in [4.69, 9.17) is 0 Å². The van der Waals surface area contributed by atoms with Crippen molar-refractivity contribution < 1.29 is 0 Å². The summed E-state index contributed by atoms with van der Waals surface area (Å²) in [4.78, 5) is 4.41. The van der Waals surface area contributed by atoms with Gasteiger partial charge in [-0.2, -0.15) is 0 Å². The fourth-order valence-corrected chi connectivity index (χ4v) is 2.64. The van der Waals surface area contributed by atoms with Crippen molar-refractivity contribution in [3.63, 3.8) is 0 Å². The zero-order chi connectivity index (χ0) is 13.0. The standard InChI is InChI=1S/C14H18BrN3/c1-3-4-14-17-7-8-18(14)13-6-5-11(10-16-2)9-12(13)15/h5-9,16H,3-4,10H2,1-2H3.